The topological polar surface area (TPSA) is 583 Å². The van der Waals surface area contributed by atoms with E-state index in [2.05, 4.69) is 31.9 Å². The van der Waals surface area contributed by atoms with Gasteiger partial charge in [-0.15, -0.1) is 0 Å². The first kappa shape index (κ1) is 116. The van der Waals surface area contributed by atoms with Crippen molar-refractivity contribution >= 4 is 113 Å². The van der Waals surface area contributed by atoms with Crippen molar-refractivity contribution in [3.05, 3.63) is 0 Å². The zero-order valence-electron chi connectivity index (χ0n) is 80.0. The van der Waals surface area contributed by atoms with E-state index in [1.165, 1.54) is 105 Å². The monoisotopic (exact) mass is 1920 g/mol. The summed E-state index contributed by atoms with van der Waals surface area (Å²) >= 11 is 0. The molecule has 4 saturated heterocycles. The van der Waals surface area contributed by atoms with Crippen LogP contribution in [0.2, 0.25) is 0 Å². The van der Waals surface area contributed by atoms with Gasteiger partial charge in [-0.1, -0.05) is 34.6 Å². The number of aliphatic carboxylic acids is 1. The van der Waals surface area contributed by atoms with Gasteiger partial charge in [0.2, 0.25) is 47.3 Å². The van der Waals surface area contributed by atoms with Crippen LogP contribution in [0.25, 0.3) is 0 Å². The second-order valence-corrected chi connectivity index (χ2v) is 33.4. The molecule has 21 atom stereocenters. The van der Waals surface area contributed by atoms with Gasteiger partial charge < -0.3 is 132 Å². The number of nitrogens with one attached hydrogen (secondary N) is 6. The SMILES string of the molecule is CCC(OC(=O)CCC(=O)O)C(=O)N(CCN(CCNC(=O)CCCCO[C@@H]1OC(COC(C)=O)[C@H](OC(C)=O)[C@H](C)C1NC(C)=O)C(=O)CCCCO[C@@H]1OC(COC(C)=O)[C@H](OC(C)=O)[C@H](C)C1NC(C)=O)CCN(CCNC(=O)CCCCO[C@@H]1OC(COC(C)=O)[C@H](OC(C)=O)[C@H](C)C1NC(C)=O)C(=O)CCCCO[C@@H]1OC(COC(C)=O)[C@H](OC(C)=O)[C@H](C)C1NC(C)=O. The molecular formula is C88H141N9O37. The molecule has 46 heteroatoms. The van der Waals surface area contributed by atoms with Gasteiger partial charge in [-0.25, -0.2) is 0 Å². The van der Waals surface area contributed by atoms with Crippen molar-refractivity contribution in [1.82, 2.24) is 46.6 Å². The van der Waals surface area contributed by atoms with Crippen molar-refractivity contribution < 1.29 is 177 Å². The highest BCUT2D eigenvalue weighted by Gasteiger charge is 2.52. The van der Waals surface area contributed by atoms with Crippen LogP contribution in [0.1, 0.15) is 214 Å². The summed E-state index contributed by atoms with van der Waals surface area (Å²) in [4.78, 5) is 248. The summed E-state index contributed by atoms with van der Waals surface area (Å²) < 4.78 is 98.1. The van der Waals surface area contributed by atoms with Crippen molar-refractivity contribution in [2.45, 2.75) is 318 Å². The number of nitrogens with zero attached hydrogens (tertiary/aromatic N) is 3. The van der Waals surface area contributed by atoms with Gasteiger partial charge in [0.15, 0.2) is 31.3 Å². The van der Waals surface area contributed by atoms with Crippen LogP contribution in [-0.4, -0.2) is 342 Å². The highest BCUT2D eigenvalue weighted by molar-refractivity contribution is 5.85. The molecule has 4 heterocycles. The minimum atomic E-state index is -1.54. The number of hydrogen-bond acceptors (Lipinski definition) is 36. The third kappa shape index (κ3) is 43.1. The predicted molar refractivity (Wildman–Crippen MR) is 462 cm³/mol. The van der Waals surface area contributed by atoms with Crippen molar-refractivity contribution in [2.75, 3.05) is 105 Å². The Bertz CT molecular complexity index is 3650. The van der Waals surface area contributed by atoms with Gasteiger partial charge >= 0.3 is 59.7 Å². The predicted octanol–water partition coefficient (Wildman–Crippen LogP) is 1.08. The number of unbranched alkanes of at least 4 members (excludes halogenated alkanes) is 4. The van der Waals surface area contributed by atoms with Gasteiger partial charge in [0.05, 0.1) is 37.0 Å². The standard InChI is InChI=1S/C88H141N9O37/c1-18-65(130-75(116)32-31-74(114)115)84(117)97(39-37-95(72(112)29-21-25-43-120-87-78(93-55(8)100)51(4)82(128-63(16)108)68(133-87)47-124-59(12)104)35-33-89-70(110)27-19-23-41-118-85-76(91-53(6)98)49(2)80(126-61(14)106)66(131-85)45-122-57(10)102)40-38-96(73(113)30-22-26-44-121-88-79(94-56(9)101)52(5)83(129-64(17)109)69(134-88)48-125-60(13)105)36-34-90-71(111)28-20-24-42-119-86-77(92-54(7)99)50(3)81(127-62(15)107)67(132-86)46-123-58(11)103/h49-52,65-69,76-83,85-88H,18-48H2,1-17H3,(H,89,110)(H,90,111)(H,91,98)(H,92,99)(H,93,100)(H,94,101)(H,114,115)/t49-,50-,51-,52-,65?,66?,67?,68?,69?,76?,77?,78?,79?,80-,81-,82-,83-,85-,86-,87-,88-/m1/s1. The number of rotatable bonds is 58. The summed E-state index contributed by atoms with van der Waals surface area (Å²) in [6.07, 6.45) is -14.2. The first-order chi connectivity index (χ1) is 63.3. The maximum absolute atomic E-state index is 15.1. The Kier molecular flexibility index (Phi) is 52.6. The fourth-order valence-corrected chi connectivity index (χ4v) is 15.6. The lowest BCUT2D eigenvalue weighted by Gasteiger charge is -2.44. The van der Waals surface area contributed by atoms with Crippen LogP contribution in [0.4, 0.5) is 0 Å². The molecule has 4 fully saturated rings. The number of carboxylic acids is 1. The molecule has 134 heavy (non-hydrogen) atoms. The fourth-order valence-electron chi connectivity index (χ4n) is 15.6. The molecule has 0 aromatic rings. The van der Waals surface area contributed by atoms with Gasteiger partial charge in [0.1, 0.15) is 75.3 Å². The smallest absolute Gasteiger partial charge is 0.307 e. The van der Waals surface area contributed by atoms with Crippen molar-refractivity contribution in [1.29, 1.82) is 0 Å². The molecule has 0 saturated carbocycles. The molecule has 46 nitrogen and oxygen atoms in total. The lowest BCUT2D eigenvalue weighted by Crippen LogP contribution is -2.62. The molecule has 4 rings (SSSR count). The Hall–Kier alpha value is -10.4. The summed E-state index contributed by atoms with van der Waals surface area (Å²) in [5, 5.41) is 26.3. The molecule has 4 aliphatic heterocycles. The molecule has 0 bridgehead atoms. The van der Waals surface area contributed by atoms with Gasteiger partial charge in [0.25, 0.3) is 5.91 Å². The van der Waals surface area contributed by atoms with E-state index < -0.39 is 254 Å². The summed E-state index contributed by atoms with van der Waals surface area (Å²) in [5.74, 6) is -14.5. The number of carboxylic acid groups (broad SMARTS) is 1. The van der Waals surface area contributed by atoms with E-state index in [4.69, 9.17) is 80.5 Å². The van der Waals surface area contributed by atoms with E-state index in [0.717, 1.165) is 0 Å². The Morgan fingerprint density at radius 2 is 0.590 bits per heavy atom. The second-order valence-electron chi connectivity index (χ2n) is 33.4. The van der Waals surface area contributed by atoms with Crippen LogP contribution >= 0.6 is 0 Å². The number of amides is 9. The van der Waals surface area contributed by atoms with Gasteiger partial charge in [-0.05, 0) is 57.8 Å². The van der Waals surface area contributed by atoms with Gasteiger partial charge in [-0.2, -0.15) is 0 Å². The van der Waals surface area contributed by atoms with Crippen molar-refractivity contribution in [2.24, 2.45) is 23.7 Å². The largest absolute Gasteiger partial charge is 0.481 e. The summed E-state index contributed by atoms with van der Waals surface area (Å²) in [7, 11) is 0. The molecule has 4 aliphatic rings. The normalized spacial score (nSPS) is 24.9. The Balaban J connectivity index is 1.68. The van der Waals surface area contributed by atoms with Gasteiger partial charge in [-0.3, -0.25) is 91.1 Å². The van der Waals surface area contributed by atoms with Crippen LogP contribution in [0.15, 0.2) is 0 Å². The van der Waals surface area contributed by atoms with E-state index in [1.54, 1.807) is 27.7 Å². The minimum Gasteiger partial charge on any atom is -0.481 e. The number of esters is 9. The second kappa shape index (κ2) is 60.9. The average molecular weight is 1920 g/mol. The average Bonchev–Trinajstić information content (AvgIpc) is 0.808. The van der Waals surface area contributed by atoms with E-state index in [-0.39, 0.29) is 189 Å². The first-order valence-electron chi connectivity index (χ1n) is 45.5. The molecule has 0 aliphatic carbocycles. The van der Waals surface area contributed by atoms with Crippen LogP contribution in [-0.2, 0) is 172 Å². The molecule has 0 aromatic carbocycles. The number of carbonyl (C=O) groups excluding carboxylic acids is 18. The molecule has 0 radical (unpaired) electrons. The van der Waals surface area contributed by atoms with E-state index in [9.17, 15) is 91.4 Å². The zero-order valence-corrected chi connectivity index (χ0v) is 80.0. The highest BCUT2D eigenvalue weighted by atomic mass is 16.7. The summed E-state index contributed by atoms with van der Waals surface area (Å²) in [6.45, 7) is 19.7. The lowest BCUT2D eigenvalue weighted by molar-refractivity contribution is -0.262. The van der Waals surface area contributed by atoms with Crippen LogP contribution in [0.3, 0.4) is 0 Å². The molecule has 0 aromatic heterocycles. The van der Waals surface area contributed by atoms with Crippen LogP contribution in [0.5, 0.6) is 0 Å². The first-order valence-corrected chi connectivity index (χ1v) is 45.5. The Labute approximate surface area is 780 Å². The summed E-state index contributed by atoms with van der Waals surface area (Å²) in [6, 6.07) is -3.44. The summed E-state index contributed by atoms with van der Waals surface area (Å²) in [5.41, 5.74) is 0. The number of ether oxygens (including phenoxy) is 17. The molecule has 7 N–H and O–H groups in total. The maximum atomic E-state index is 15.1. The van der Waals surface area contributed by atoms with E-state index in [1.807, 2.05) is 0 Å². The van der Waals surface area contributed by atoms with Crippen LogP contribution < -0.4 is 31.9 Å². The minimum absolute atomic E-state index is 0.00239. The Morgan fingerprint density at radius 1 is 0.328 bits per heavy atom. The number of carbonyl (C=O) groups is 19. The van der Waals surface area contributed by atoms with Crippen molar-refractivity contribution in [3.8, 4) is 0 Å². The van der Waals surface area contributed by atoms with Crippen LogP contribution in [0, 0.1) is 23.7 Å². The van der Waals surface area contributed by atoms with E-state index >= 15 is 4.79 Å². The third-order valence-electron chi connectivity index (χ3n) is 22.2. The maximum Gasteiger partial charge on any atom is 0.307 e. The molecule has 9 amide bonds. The Morgan fingerprint density at radius 3 is 0.828 bits per heavy atom. The van der Waals surface area contributed by atoms with Crippen molar-refractivity contribution in [3.63, 3.8) is 0 Å². The third-order valence-corrected chi connectivity index (χ3v) is 22.2. The molecule has 760 valence electrons. The molecule has 9 unspecified atom stereocenters. The highest BCUT2D eigenvalue weighted by Crippen LogP contribution is 2.35. The van der Waals surface area contributed by atoms with Gasteiger partial charge in [0, 0.05) is 211 Å². The lowest BCUT2D eigenvalue weighted by atomic mass is 9.88. The molecular weight excluding hydrogens is 1770 g/mol. The quantitative estimate of drug-likeness (QED) is 0.0254. The van der Waals surface area contributed by atoms with E-state index in [0.29, 0.717) is 0 Å². The molecule has 0 spiro atoms. The number of hydrogen-bond donors (Lipinski definition) is 7. The zero-order chi connectivity index (χ0) is 100. The fraction of sp³-hybridized carbons (Fsp3) is 0.784.